The molecule has 0 bridgehead atoms. The molecule has 0 amide bonds. The number of ether oxygens (including phenoxy) is 1. The molecule has 0 aliphatic carbocycles. The summed E-state index contributed by atoms with van der Waals surface area (Å²) >= 11 is 13.3. The highest BCUT2D eigenvalue weighted by atomic mass is 35.5. The summed E-state index contributed by atoms with van der Waals surface area (Å²) in [6, 6.07) is 1.27. The SMILES string of the molecule is CCOC(=O)n1c(SCc2c(Cl)cncc2Cl)nc(C)cc1=O. The van der Waals surface area contributed by atoms with Gasteiger partial charge in [-0.2, -0.15) is 4.57 Å². The summed E-state index contributed by atoms with van der Waals surface area (Å²) in [6.45, 7) is 3.49. The lowest BCUT2D eigenvalue weighted by Crippen LogP contribution is -2.30. The lowest BCUT2D eigenvalue weighted by atomic mass is 10.3. The Morgan fingerprint density at radius 2 is 2.00 bits per heavy atom. The largest absolute Gasteiger partial charge is 0.449 e. The van der Waals surface area contributed by atoms with Crippen molar-refractivity contribution in [1.29, 1.82) is 0 Å². The second kappa shape index (κ2) is 7.81. The molecule has 0 N–H and O–H groups in total. The van der Waals surface area contributed by atoms with Gasteiger partial charge in [0, 0.05) is 35.5 Å². The number of aromatic nitrogens is 3. The summed E-state index contributed by atoms with van der Waals surface area (Å²) in [4.78, 5) is 32.2. The van der Waals surface area contributed by atoms with E-state index in [0.717, 1.165) is 4.57 Å². The minimum Gasteiger partial charge on any atom is -0.449 e. The molecule has 9 heteroatoms. The summed E-state index contributed by atoms with van der Waals surface area (Å²) in [6.07, 6.45) is 2.19. The van der Waals surface area contributed by atoms with Crippen LogP contribution in [0.3, 0.4) is 0 Å². The average molecular weight is 374 g/mol. The van der Waals surface area contributed by atoms with E-state index in [9.17, 15) is 9.59 Å². The van der Waals surface area contributed by atoms with E-state index in [-0.39, 0.29) is 11.8 Å². The van der Waals surface area contributed by atoms with E-state index in [2.05, 4.69) is 9.97 Å². The van der Waals surface area contributed by atoms with E-state index < -0.39 is 11.7 Å². The highest BCUT2D eigenvalue weighted by molar-refractivity contribution is 7.98. The fourth-order valence-electron chi connectivity index (χ4n) is 1.74. The highest BCUT2D eigenvalue weighted by Crippen LogP contribution is 2.29. The second-order valence-corrected chi connectivity index (χ2v) is 6.18. The zero-order valence-electron chi connectivity index (χ0n) is 12.4. The third kappa shape index (κ3) is 4.25. The molecule has 2 rings (SSSR count). The molecule has 2 aromatic heterocycles. The van der Waals surface area contributed by atoms with Crippen LogP contribution >= 0.6 is 35.0 Å². The average Bonchev–Trinajstić information content (AvgIpc) is 2.46. The molecule has 2 heterocycles. The van der Waals surface area contributed by atoms with E-state index in [1.165, 1.54) is 30.2 Å². The molecule has 2 aromatic rings. The Kier molecular flexibility index (Phi) is 6.04. The summed E-state index contributed by atoms with van der Waals surface area (Å²) in [5.74, 6) is 0.329. The van der Waals surface area contributed by atoms with E-state index in [0.29, 0.717) is 27.1 Å². The fraction of sp³-hybridized carbons (Fsp3) is 0.286. The maximum atomic E-state index is 12.1. The van der Waals surface area contributed by atoms with Gasteiger partial charge < -0.3 is 4.74 Å². The molecule has 0 saturated carbocycles. The number of pyridine rings is 1. The Hall–Kier alpha value is -1.57. The van der Waals surface area contributed by atoms with Crippen LogP contribution in [0.5, 0.6) is 0 Å². The molecule has 0 saturated heterocycles. The van der Waals surface area contributed by atoms with E-state index in [1.54, 1.807) is 13.8 Å². The molecular formula is C14H13Cl2N3O3S. The number of thioether (sulfide) groups is 1. The lowest BCUT2D eigenvalue weighted by Gasteiger charge is -2.11. The van der Waals surface area contributed by atoms with Crippen LogP contribution in [0, 0.1) is 6.92 Å². The zero-order chi connectivity index (χ0) is 17.0. The Morgan fingerprint density at radius 3 is 2.61 bits per heavy atom. The first-order chi connectivity index (χ1) is 10.9. The van der Waals surface area contributed by atoms with Crippen LogP contribution in [0.2, 0.25) is 10.0 Å². The van der Waals surface area contributed by atoms with Gasteiger partial charge in [-0.3, -0.25) is 9.78 Å². The van der Waals surface area contributed by atoms with Crippen molar-refractivity contribution in [3.63, 3.8) is 0 Å². The van der Waals surface area contributed by atoms with E-state index >= 15 is 0 Å². The first kappa shape index (κ1) is 17.8. The van der Waals surface area contributed by atoms with Gasteiger partial charge in [0.05, 0.1) is 16.7 Å². The molecule has 0 unspecified atom stereocenters. The van der Waals surface area contributed by atoms with Crippen molar-refractivity contribution < 1.29 is 9.53 Å². The van der Waals surface area contributed by atoms with Crippen LogP contribution in [0.25, 0.3) is 0 Å². The number of hydrogen-bond donors (Lipinski definition) is 0. The minimum atomic E-state index is -0.764. The van der Waals surface area contributed by atoms with Gasteiger partial charge in [0.25, 0.3) is 5.56 Å². The molecule has 0 aliphatic heterocycles. The molecule has 0 spiro atoms. The molecule has 0 aromatic carbocycles. The highest BCUT2D eigenvalue weighted by Gasteiger charge is 2.17. The zero-order valence-corrected chi connectivity index (χ0v) is 14.7. The van der Waals surface area contributed by atoms with Crippen molar-refractivity contribution in [2.75, 3.05) is 6.61 Å². The Morgan fingerprint density at radius 1 is 1.35 bits per heavy atom. The van der Waals surface area contributed by atoms with Gasteiger partial charge in [-0.15, -0.1) is 0 Å². The van der Waals surface area contributed by atoms with Crippen LogP contribution in [0.1, 0.15) is 18.2 Å². The fourth-order valence-corrected chi connectivity index (χ4v) is 3.48. The Balaban J connectivity index is 2.36. The summed E-state index contributed by atoms with van der Waals surface area (Å²) in [7, 11) is 0. The van der Waals surface area contributed by atoms with Gasteiger partial charge in [-0.25, -0.2) is 9.78 Å². The normalized spacial score (nSPS) is 10.6. The Labute approximate surface area is 146 Å². The number of nitrogens with zero attached hydrogens (tertiary/aromatic N) is 3. The quantitative estimate of drug-likeness (QED) is 0.602. The van der Waals surface area contributed by atoms with Crippen molar-refractivity contribution >= 4 is 41.1 Å². The molecule has 23 heavy (non-hydrogen) atoms. The van der Waals surface area contributed by atoms with Crippen molar-refractivity contribution in [1.82, 2.24) is 14.5 Å². The van der Waals surface area contributed by atoms with Gasteiger partial charge in [0.15, 0.2) is 5.16 Å². The monoisotopic (exact) mass is 373 g/mol. The number of aryl methyl sites for hydroxylation is 1. The van der Waals surface area contributed by atoms with Crippen LogP contribution in [-0.2, 0) is 10.5 Å². The molecule has 0 aliphatic rings. The molecule has 122 valence electrons. The number of carbonyl (C=O) groups is 1. The smallest absolute Gasteiger partial charge is 0.423 e. The van der Waals surface area contributed by atoms with E-state index in [4.69, 9.17) is 27.9 Å². The van der Waals surface area contributed by atoms with Crippen LogP contribution in [-0.4, -0.2) is 27.2 Å². The molecular weight excluding hydrogens is 361 g/mol. The van der Waals surface area contributed by atoms with Gasteiger partial charge in [-0.05, 0) is 13.8 Å². The first-order valence-electron chi connectivity index (χ1n) is 6.62. The van der Waals surface area contributed by atoms with Crippen LogP contribution in [0.15, 0.2) is 28.4 Å². The van der Waals surface area contributed by atoms with E-state index in [1.807, 2.05) is 0 Å². The summed E-state index contributed by atoms with van der Waals surface area (Å²) in [5.41, 5.74) is 0.662. The number of carbonyl (C=O) groups excluding carboxylic acids is 1. The standard InChI is InChI=1S/C14H13Cl2N3O3S/c1-3-22-14(21)19-12(20)4-8(2)18-13(19)23-7-9-10(15)5-17-6-11(9)16/h4-6H,3,7H2,1-2H3. The van der Waals surface area contributed by atoms with Gasteiger partial charge >= 0.3 is 6.09 Å². The van der Waals surface area contributed by atoms with Crippen molar-refractivity contribution in [2.24, 2.45) is 0 Å². The van der Waals surface area contributed by atoms with Crippen molar-refractivity contribution in [3.05, 3.63) is 50.1 Å². The number of rotatable bonds is 4. The van der Waals surface area contributed by atoms with Crippen LogP contribution < -0.4 is 5.56 Å². The minimum absolute atomic E-state index is 0.158. The molecule has 0 radical (unpaired) electrons. The van der Waals surface area contributed by atoms with Gasteiger partial charge in [0.1, 0.15) is 0 Å². The maximum Gasteiger partial charge on any atom is 0.423 e. The molecule has 0 atom stereocenters. The van der Waals surface area contributed by atoms with Gasteiger partial charge in [-0.1, -0.05) is 35.0 Å². The third-order valence-electron chi connectivity index (χ3n) is 2.76. The van der Waals surface area contributed by atoms with Crippen molar-refractivity contribution in [3.8, 4) is 0 Å². The predicted octanol–water partition coefficient (Wildman–Crippen LogP) is 3.55. The summed E-state index contributed by atoms with van der Waals surface area (Å²) in [5, 5.41) is 1.03. The van der Waals surface area contributed by atoms with Crippen molar-refractivity contribution in [2.45, 2.75) is 24.8 Å². The second-order valence-electron chi connectivity index (χ2n) is 4.42. The first-order valence-corrected chi connectivity index (χ1v) is 8.36. The maximum absolute atomic E-state index is 12.1. The molecule has 6 nitrogen and oxygen atoms in total. The lowest BCUT2D eigenvalue weighted by molar-refractivity contribution is 0.150. The summed E-state index contributed by atoms with van der Waals surface area (Å²) < 4.78 is 5.79. The Bertz CT molecular complexity index is 775. The molecule has 0 fully saturated rings. The number of halogens is 2. The van der Waals surface area contributed by atoms with Crippen LogP contribution in [0.4, 0.5) is 4.79 Å². The third-order valence-corrected chi connectivity index (χ3v) is 4.38. The number of hydrogen-bond acceptors (Lipinski definition) is 6. The van der Waals surface area contributed by atoms with Gasteiger partial charge in [0.2, 0.25) is 0 Å². The topological polar surface area (TPSA) is 74.1 Å². The predicted molar refractivity (Wildman–Crippen MR) is 89.5 cm³/mol.